The molecule has 2 aromatic heterocycles. The molecule has 1 aromatic carbocycles. The lowest BCUT2D eigenvalue weighted by Crippen LogP contribution is -2.39. The monoisotopic (exact) mass is 632 g/mol. The number of hydrogen-bond acceptors (Lipinski definition) is 5. The van der Waals surface area contributed by atoms with Gasteiger partial charge in [-0.25, -0.2) is 13.8 Å². The normalized spacial score (nSPS) is 12.5. The van der Waals surface area contributed by atoms with Crippen LogP contribution in [0.3, 0.4) is 0 Å². The minimum absolute atomic E-state index is 0.0595. The topological polar surface area (TPSA) is 106 Å². The zero-order valence-corrected chi connectivity index (χ0v) is 20.8. The van der Waals surface area contributed by atoms with Crippen molar-refractivity contribution in [2.24, 2.45) is 0 Å². The number of benzene rings is 1. The SMILES string of the molecule is CCN(Cc1ccc(C(F)(F)C(F)(F)F)cc1F)C(=O)C(=O)Nc1cnc(N)c2cnn(PI)c12. The smallest absolute Gasteiger partial charge is 0.383 e. The molecule has 0 aliphatic heterocycles. The van der Waals surface area contributed by atoms with Gasteiger partial charge in [-0.1, -0.05) is 12.1 Å². The fourth-order valence-electron chi connectivity index (χ4n) is 3.10. The molecule has 0 saturated heterocycles. The summed E-state index contributed by atoms with van der Waals surface area (Å²) < 4.78 is 80.5. The molecule has 3 aromatic rings. The van der Waals surface area contributed by atoms with Crippen LogP contribution in [0, 0.1) is 5.82 Å². The van der Waals surface area contributed by atoms with E-state index < -0.39 is 41.8 Å². The number of nitrogens with zero attached hydrogens (tertiary/aromatic N) is 4. The van der Waals surface area contributed by atoms with Crippen molar-refractivity contribution in [1.29, 1.82) is 0 Å². The molecule has 3 N–H and O–H groups in total. The molecule has 1 unspecified atom stereocenters. The van der Waals surface area contributed by atoms with E-state index in [4.69, 9.17) is 5.73 Å². The molecule has 188 valence electrons. The van der Waals surface area contributed by atoms with Gasteiger partial charge in [0, 0.05) is 24.2 Å². The van der Waals surface area contributed by atoms with E-state index in [0.717, 1.165) is 4.90 Å². The molecule has 35 heavy (non-hydrogen) atoms. The second-order valence-electron chi connectivity index (χ2n) is 7.11. The van der Waals surface area contributed by atoms with Crippen LogP contribution in [-0.4, -0.2) is 44.0 Å². The van der Waals surface area contributed by atoms with Crippen molar-refractivity contribution < 1.29 is 35.9 Å². The van der Waals surface area contributed by atoms with Gasteiger partial charge in [-0.05, 0) is 35.0 Å². The molecule has 0 fully saturated rings. The number of carbonyl (C=O) groups excluding carboxylic acids is 2. The summed E-state index contributed by atoms with van der Waals surface area (Å²) in [6.45, 7) is 0.841. The summed E-state index contributed by atoms with van der Waals surface area (Å²) in [6.07, 6.45) is -3.07. The Morgan fingerprint density at radius 2 is 1.91 bits per heavy atom. The van der Waals surface area contributed by atoms with Gasteiger partial charge in [-0.3, -0.25) is 9.59 Å². The van der Waals surface area contributed by atoms with Crippen LogP contribution in [0.4, 0.5) is 37.8 Å². The number of amides is 2. The zero-order chi connectivity index (χ0) is 26.1. The van der Waals surface area contributed by atoms with Crippen LogP contribution < -0.4 is 11.1 Å². The predicted octanol–water partition coefficient (Wildman–Crippen LogP) is 4.59. The molecule has 2 amide bonds. The third-order valence-corrected chi connectivity index (χ3v) is 6.83. The molecule has 1 atom stereocenters. The number of alkyl halides is 5. The van der Waals surface area contributed by atoms with Gasteiger partial charge in [-0.15, -0.1) is 0 Å². The molecule has 0 spiro atoms. The van der Waals surface area contributed by atoms with Gasteiger partial charge in [0.05, 0.1) is 29.8 Å². The van der Waals surface area contributed by atoms with Crippen LogP contribution >= 0.6 is 28.4 Å². The highest BCUT2D eigenvalue weighted by Gasteiger charge is 2.58. The quantitative estimate of drug-likeness (QED) is 0.179. The van der Waals surface area contributed by atoms with Gasteiger partial charge in [0.2, 0.25) is 0 Å². The number of pyridine rings is 1. The van der Waals surface area contributed by atoms with Crippen molar-refractivity contribution in [2.75, 3.05) is 17.6 Å². The Kier molecular flexibility index (Phi) is 7.79. The average Bonchev–Trinajstić information content (AvgIpc) is 3.24. The summed E-state index contributed by atoms with van der Waals surface area (Å²) in [7, 11) is 0. The Labute approximate surface area is 208 Å². The van der Waals surface area contributed by atoms with Gasteiger partial charge in [-0.2, -0.15) is 27.1 Å². The summed E-state index contributed by atoms with van der Waals surface area (Å²) in [5, 5.41) is 6.99. The number of nitrogens with one attached hydrogen (secondary N) is 1. The Morgan fingerprint density at radius 3 is 2.49 bits per heavy atom. The number of hydrogen-bond donors (Lipinski definition) is 2. The Bertz CT molecular complexity index is 1280. The van der Waals surface area contributed by atoms with E-state index in [2.05, 4.69) is 37.4 Å². The maximum atomic E-state index is 14.4. The highest BCUT2D eigenvalue weighted by molar-refractivity contribution is 14.2. The fraction of sp³-hybridized carbons (Fsp3) is 0.263. The second-order valence-corrected chi connectivity index (χ2v) is 9.15. The third-order valence-electron chi connectivity index (χ3n) is 4.96. The van der Waals surface area contributed by atoms with Crippen LogP contribution in [0.1, 0.15) is 18.1 Å². The van der Waals surface area contributed by atoms with E-state index >= 15 is 0 Å². The number of nitrogens with two attached hydrogens (primary N) is 1. The number of likely N-dealkylation sites (N-methyl/N-ethyl adjacent to an activating group) is 1. The number of nitrogen functional groups attached to an aromatic ring is 1. The van der Waals surface area contributed by atoms with Gasteiger partial charge in [0.15, 0.2) is 0 Å². The van der Waals surface area contributed by atoms with Crippen molar-refractivity contribution in [2.45, 2.75) is 25.6 Å². The molecule has 2 heterocycles. The van der Waals surface area contributed by atoms with Gasteiger partial charge in [0.1, 0.15) is 17.2 Å². The number of fused-ring (bicyclic) bond motifs is 1. The molecule has 8 nitrogen and oxygen atoms in total. The molecule has 0 saturated carbocycles. The van der Waals surface area contributed by atoms with Crippen molar-refractivity contribution >= 4 is 62.6 Å². The van der Waals surface area contributed by atoms with E-state index in [9.17, 15) is 35.9 Å². The maximum absolute atomic E-state index is 14.4. The van der Waals surface area contributed by atoms with Crippen molar-refractivity contribution in [3.05, 3.63) is 47.5 Å². The lowest BCUT2D eigenvalue weighted by molar-refractivity contribution is -0.289. The molecule has 0 radical (unpaired) electrons. The molecule has 0 aliphatic rings. The van der Waals surface area contributed by atoms with E-state index in [0.29, 0.717) is 23.0 Å². The van der Waals surface area contributed by atoms with E-state index in [-0.39, 0.29) is 36.1 Å². The summed E-state index contributed by atoms with van der Waals surface area (Å²) in [4.78, 5) is 30.2. The second kappa shape index (κ2) is 10.1. The third kappa shape index (κ3) is 5.29. The summed E-state index contributed by atoms with van der Waals surface area (Å²) in [5.41, 5.74) is 4.47. The van der Waals surface area contributed by atoms with E-state index in [1.54, 1.807) is 4.45 Å². The average molecular weight is 632 g/mol. The molecular formula is C19H16F6IN6O2P. The maximum Gasteiger partial charge on any atom is 0.458 e. The molecular weight excluding hydrogens is 616 g/mol. The first-order valence-electron chi connectivity index (χ1n) is 9.64. The molecule has 3 rings (SSSR count). The summed E-state index contributed by atoms with van der Waals surface area (Å²) in [5.74, 6) is -8.67. The van der Waals surface area contributed by atoms with Crippen molar-refractivity contribution in [1.82, 2.24) is 19.4 Å². The van der Waals surface area contributed by atoms with Crippen molar-refractivity contribution in [3.63, 3.8) is 0 Å². The summed E-state index contributed by atoms with van der Waals surface area (Å²) >= 11 is 2.05. The van der Waals surface area contributed by atoms with Gasteiger partial charge in [0.25, 0.3) is 0 Å². The Balaban J connectivity index is 1.81. The number of aromatic nitrogens is 3. The lowest BCUT2D eigenvalue weighted by Gasteiger charge is -2.23. The van der Waals surface area contributed by atoms with Gasteiger partial charge < -0.3 is 16.0 Å². The number of halogens is 7. The van der Waals surface area contributed by atoms with Crippen LogP contribution in [0.25, 0.3) is 10.9 Å². The molecule has 0 bridgehead atoms. The number of rotatable bonds is 6. The molecule has 0 aliphatic carbocycles. The van der Waals surface area contributed by atoms with E-state index in [1.165, 1.54) is 19.3 Å². The zero-order valence-electron chi connectivity index (χ0n) is 17.6. The van der Waals surface area contributed by atoms with Crippen LogP contribution in [0.15, 0.2) is 30.6 Å². The van der Waals surface area contributed by atoms with Crippen molar-refractivity contribution in [3.8, 4) is 0 Å². The standard InChI is InChI=1S/C19H16F6IN6O2P/c1-2-31(8-9-3-4-10(5-12(9)20)18(21,22)19(23,24)25)17(34)16(33)30-13-7-28-15(27)11-6-29-32(35-26)14(11)13/h3-7,35H,2,8H2,1H3,(H2,27,28)(H,30,33). The Hall–Kier alpha value is -2.68. The summed E-state index contributed by atoms with van der Waals surface area (Å²) in [6, 6.07) is 1.20. The minimum atomic E-state index is -5.90. The van der Waals surface area contributed by atoms with E-state index in [1.807, 2.05) is 0 Å². The first-order chi connectivity index (χ1) is 16.3. The van der Waals surface area contributed by atoms with Gasteiger partial charge >= 0.3 is 23.9 Å². The Morgan fingerprint density at radius 1 is 1.23 bits per heavy atom. The highest BCUT2D eigenvalue weighted by Crippen LogP contribution is 2.44. The largest absolute Gasteiger partial charge is 0.458 e. The first kappa shape index (κ1) is 26.9. The minimum Gasteiger partial charge on any atom is -0.383 e. The van der Waals surface area contributed by atoms with Crippen LogP contribution in [0.5, 0.6) is 0 Å². The number of anilines is 2. The van der Waals surface area contributed by atoms with Crippen LogP contribution in [0.2, 0.25) is 0 Å². The van der Waals surface area contributed by atoms with Crippen LogP contribution in [-0.2, 0) is 22.1 Å². The predicted molar refractivity (Wildman–Crippen MR) is 126 cm³/mol. The number of carbonyl (C=O) groups is 2. The first-order valence-corrected chi connectivity index (χ1v) is 13.7. The fourth-order valence-corrected chi connectivity index (χ4v) is 4.63. The molecule has 16 heteroatoms. The lowest BCUT2D eigenvalue weighted by atomic mass is 10.0. The highest BCUT2D eigenvalue weighted by atomic mass is 127.